The molecule has 0 saturated carbocycles. The number of anilines is 3. The lowest BCUT2D eigenvalue weighted by Crippen LogP contribution is -2.49. The van der Waals surface area contributed by atoms with Crippen LogP contribution in [0.5, 0.6) is 0 Å². The predicted octanol–water partition coefficient (Wildman–Crippen LogP) is 5.22. The highest BCUT2D eigenvalue weighted by Crippen LogP contribution is 2.39. The van der Waals surface area contributed by atoms with Crippen LogP contribution in [0.25, 0.3) is 11.3 Å². The zero-order valence-corrected chi connectivity index (χ0v) is 22.7. The van der Waals surface area contributed by atoms with E-state index < -0.39 is 5.54 Å². The number of nitrogens with two attached hydrogens (primary N) is 1. The second-order valence-electron chi connectivity index (χ2n) is 10.1. The number of fused-ring (bicyclic) bond motifs is 1. The highest BCUT2D eigenvalue weighted by atomic mass is 35.5. The standard InChI is InChI=1S/C30H29ClN6O2/c1-30(2,32)29(39)36(3)23-11-9-22(10-12-23)34-27(26-24-13-8-21(31)16-25(24)35-28(26)38)20-6-4-19(5-7-20)17-37-15-14-33-18-37/h4-16,18,34H,17,32H2,1-3H3,(H,35,38)/b27-26-. The van der Waals surface area contributed by atoms with Gasteiger partial charge in [0, 0.05) is 47.9 Å². The van der Waals surface area contributed by atoms with Crippen molar-refractivity contribution in [3.63, 3.8) is 0 Å². The number of aromatic nitrogens is 2. The Labute approximate surface area is 232 Å². The van der Waals surface area contributed by atoms with Gasteiger partial charge in [0.05, 0.1) is 28.8 Å². The number of carbonyl (C=O) groups excluding carboxylic acids is 2. The van der Waals surface area contributed by atoms with Crippen LogP contribution in [0.3, 0.4) is 0 Å². The normalized spacial score (nSPS) is 14.0. The average Bonchev–Trinajstić information content (AvgIpc) is 3.53. The largest absolute Gasteiger partial charge is 0.354 e. The van der Waals surface area contributed by atoms with Gasteiger partial charge in [-0.05, 0) is 61.4 Å². The summed E-state index contributed by atoms with van der Waals surface area (Å²) in [5.41, 5.74) is 11.0. The molecule has 1 aliphatic rings. The van der Waals surface area contributed by atoms with Crippen molar-refractivity contribution in [2.24, 2.45) is 5.73 Å². The van der Waals surface area contributed by atoms with Gasteiger partial charge in [-0.1, -0.05) is 41.9 Å². The van der Waals surface area contributed by atoms with E-state index in [1.807, 2.05) is 65.4 Å². The van der Waals surface area contributed by atoms with E-state index in [4.69, 9.17) is 17.3 Å². The van der Waals surface area contributed by atoms with E-state index >= 15 is 0 Å². The molecule has 9 heteroatoms. The first-order valence-corrected chi connectivity index (χ1v) is 12.8. The summed E-state index contributed by atoms with van der Waals surface area (Å²) < 4.78 is 1.99. The Hall–Kier alpha value is -4.40. The number of halogens is 1. The summed E-state index contributed by atoms with van der Waals surface area (Å²) in [5.74, 6) is -0.413. The zero-order valence-electron chi connectivity index (χ0n) is 21.9. The second kappa shape index (κ2) is 10.4. The summed E-state index contributed by atoms with van der Waals surface area (Å²) in [6.45, 7) is 4.05. The molecule has 0 unspecified atom stereocenters. The molecule has 0 atom stereocenters. The Morgan fingerprint density at radius 1 is 1.10 bits per heavy atom. The molecule has 39 heavy (non-hydrogen) atoms. The number of amides is 2. The van der Waals surface area contributed by atoms with Crippen LogP contribution in [-0.2, 0) is 16.1 Å². The van der Waals surface area contributed by atoms with Crippen LogP contribution in [0.1, 0.15) is 30.5 Å². The Kier molecular flexibility index (Phi) is 6.99. The number of likely N-dealkylation sites (N-methyl/N-ethyl adjacent to an activating group) is 1. The van der Waals surface area contributed by atoms with Gasteiger partial charge in [0.15, 0.2) is 0 Å². The van der Waals surface area contributed by atoms with Crippen LogP contribution in [0.15, 0.2) is 85.5 Å². The maximum absolute atomic E-state index is 13.2. The minimum absolute atomic E-state index is 0.195. The SMILES string of the molecule is CN(C(=O)C(C)(C)N)c1ccc(N/C(=C2\C(=O)Nc3cc(Cl)ccc32)c2ccc(Cn3ccnc3)cc2)cc1. The molecule has 3 aromatic carbocycles. The van der Waals surface area contributed by atoms with Gasteiger partial charge < -0.3 is 25.8 Å². The summed E-state index contributed by atoms with van der Waals surface area (Å²) in [7, 11) is 1.70. The third kappa shape index (κ3) is 5.57. The molecule has 4 N–H and O–H groups in total. The first kappa shape index (κ1) is 26.2. The van der Waals surface area contributed by atoms with E-state index in [0.717, 1.165) is 22.4 Å². The van der Waals surface area contributed by atoms with Gasteiger partial charge in [-0.25, -0.2) is 4.98 Å². The van der Waals surface area contributed by atoms with Crippen LogP contribution < -0.4 is 21.3 Å². The molecule has 0 fully saturated rings. The number of hydrogen-bond acceptors (Lipinski definition) is 5. The first-order chi connectivity index (χ1) is 18.6. The van der Waals surface area contributed by atoms with Crippen molar-refractivity contribution in [1.29, 1.82) is 0 Å². The van der Waals surface area contributed by atoms with Crippen LogP contribution in [0.4, 0.5) is 17.1 Å². The number of nitrogens with one attached hydrogen (secondary N) is 2. The number of nitrogens with zero attached hydrogens (tertiary/aromatic N) is 3. The molecule has 8 nitrogen and oxygen atoms in total. The van der Waals surface area contributed by atoms with Crippen LogP contribution in [-0.4, -0.2) is 34.0 Å². The molecule has 4 aromatic rings. The van der Waals surface area contributed by atoms with Gasteiger partial charge in [-0.2, -0.15) is 0 Å². The number of hydrogen-bond donors (Lipinski definition) is 3. The maximum atomic E-state index is 13.2. The lowest BCUT2D eigenvalue weighted by Gasteiger charge is -2.26. The van der Waals surface area contributed by atoms with E-state index in [0.29, 0.717) is 34.2 Å². The molecule has 0 radical (unpaired) electrons. The quantitative estimate of drug-likeness (QED) is 0.279. The van der Waals surface area contributed by atoms with E-state index in [2.05, 4.69) is 15.6 Å². The van der Waals surface area contributed by atoms with Crippen molar-refractivity contribution in [2.45, 2.75) is 25.9 Å². The van der Waals surface area contributed by atoms with E-state index in [9.17, 15) is 9.59 Å². The summed E-state index contributed by atoms with van der Waals surface area (Å²) in [4.78, 5) is 31.5. The molecular formula is C30H29ClN6O2. The monoisotopic (exact) mass is 540 g/mol. The summed E-state index contributed by atoms with van der Waals surface area (Å²) in [6.07, 6.45) is 5.44. The highest BCUT2D eigenvalue weighted by molar-refractivity contribution is 6.38. The minimum atomic E-state index is -0.987. The molecule has 0 bridgehead atoms. The highest BCUT2D eigenvalue weighted by Gasteiger charge is 2.29. The lowest BCUT2D eigenvalue weighted by molar-refractivity contribution is -0.122. The van der Waals surface area contributed by atoms with E-state index in [-0.39, 0.29) is 11.8 Å². The Balaban J connectivity index is 1.51. The van der Waals surface area contributed by atoms with E-state index in [1.54, 1.807) is 45.6 Å². The molecule has 0 spiro atoms. The summed E-state index contributed by atoms with van der Waals surface area (Å²) in [5, 5.41) is 6.93. The fourth-order valence-corrected chi connectivity index (χ4v) is 4.67. The number of rotatable bonds is 7. The summed E-state index contributed by atoms with van der Waals surface area (Å²) in [6, 6.07) is 20.8. The number of carbonyl (C=O) groups is 2. The van der Waals surface area contributed by atoms with Crippen LogP contribution in [0.2, 0.25) is 5.02 Å². The van der Waals surface area contributed by atoms with Crippen LogP contribution >= 0.6 is 11.6 Å². The third-order valence-corrected chi connectivity index (χ3v) is 6.76. The first-order valence-electron chi connectivity index (χ1n) is 12.4. The molecule has 198 valence electrons. The molecule has 1 aromatic heterocycles. The molecule has 2 amide bonds. The zero-order chi connectivity index (χ0) is 27.7. The topological polar surface area (TPSA) is 105 Å². The van der Waals surface area contributed by atoms with Crippen molar-refractivity contribution in [2.75, 3.05) is 22.6 Å². The smallest absolute Gasteiger partial charge is 0.258 e. The third-order valence-electron chi connectivity index (χ3n) is 6.52. The van der Waals surface area contributed by atoms with Gasteiger partial charge in [0.2, 0.25) is 5.91 Å². The molecule has 2 heterocycles. The van der Waals surface area contributed by atoms with Gasteiger partial charge in [0.25, 0.3) is 5.91 Å². The molecule has 0 aliphatic carbocycles. The molecule has 1 aliphatic heterocycles. The Bertz CT molecular complexity index is 1550. The summed E-state index contributed by atoms with van der Waals surface area (Å²) >= 11 is 6.19. The second-order valence-corrected chi connectivity index (χ2v) is 10.5. The van der Waals surface area contributed by atoms with Gasteiger partial charge in [-0.3, -0.25) is 9.59 Å². The molecule has 5 rings (SSSR count). The van der Waals surface area contributed by atoms with Crippen molar-refractivity contribution >= 4 is 51.7 Å². The van der Waals surface area contributed by atoms with Crippen molar-refractivity contribution in [3.05, 3.63) is 107 Å². The molecule has 0 saturated heterocycles. The van der Waals surface area contributed by atoms with Crippen molar-refractivity contribution < 1.29 is 9.59 Å². The number of imidazole rings is 1. The van der Waals surface area contributed by atoms with Crippen molar-refractivity contribution in [3.8, 4) is 0 Å². The Morgan fingerprint density at radius 2 is 1.82 bits per heavy atom. The maximum Gasteiger partial charge on any atom is 0.258 e. The van der Waals surface area contributed by atoms with Crippen molar-refractivity contribution in [1.82, 2.24) is 9.55 Å². The van der Waals surface area contributed by atoms with Crippen LogP contribution in [0, 0.1) is 0 Å². The van der Waals surface area contributed by atoms with Gasteiger partial charge in [-0.15, -0.1) is 0 Å². The minimum Gasteiger partial charge on any atom is -0.354 e. The van der Waals surface area contributed by atoms with E-state index in [1.165, 1.54) is 4.90 Å². The average molecular weight is 541 g/mol. The Morgan fingerprint density at radius 3 is 2.46 bits per heavy atom. The van der Waals surface area contributed by atoms with Gasteiger partial charge in [0.1, 0.15) is 0 Å². The fourth-order valence-electron chi connectivity index (χ4n) is 4.50. The van der Waals surface area contributed by atoms with Gasteiger partial charge >= 0.3 is 0 Å². The lowest BCUT2D eigenvalue weighted by atomic mass is 9.99. The fraction of sp³-hybridized carbons (Fsp3) is 0.167. The molecular weight excluding hydrogens is 512 g/mol. The predicted molar refractivity (Wildman–Crippen MR) is 156 cm³/mol. The number of benzene rings is 3.